The highest BCUT2D eigenvalue weighted by molar-refractivity contribution is 5.92. The Kier molecular flexibility index (Phi) is 6.41. The summed E-state index contributed by atoms with van der Waals surface area (Å²) in [7, 11) is 1.51. The number of anilines is 1. The molecule has 1 aliphatic rings. The van der Waals surface area contributed by atoms with Crippen molar-refractivity contribution in [2.75, 3.05) is 19.0 Å². The molecule has 2 heterocycles. The zero-order valence-electron chi connectivity index (χ0n) is 19.1. The Bertz CT molecular complexity index is 1300. The molecule has 9 nitrogen and oxygen atoms in total. The summed E-state index contributed by atoms with van der Waals surface area (Å²) in [6.07, 6.45) is 0.806. The molecular weight excluding hydrogens is 434 g/mol. The predicted octanol–water partition coefficient (Wildman–Crippen LogP) is 3.52. The molecule has 1 amide bonds. The van der Waals surface area contributed by atoms with Gasteiger partial charge >= 0.3 is 0 Å². The number of nitriles is 1. The SMILES string of the molecule is CCc1ccccc1NC(=O)COc1ccc(C2C(C#N)=C(N)Oc3n[nH]c(C)c32)cc1OC. The van der Waals surface area contributed by atoms with Crippen molar-refractivity contribution in [3.8, 4) is 23.4 Å². The number of hydrogen-bond donors (Lipinski definition) is 3. The number of carbonyl (C=O) groups excluding carboxylic acids is 1. The van der Waals surface area contributed by atoms with E-state index in [4.69, 9.17) is 19.9 Å². The fraction of sp³-hybridized carbons (Fsp3) is 0.240. The van der Waals surface area contributed by atoms with Gasteiger partial charge in [0, 0.05) is 16.9 Å². The van der Waals surface area contributed by atoms with Crippen molar-refractivity contribution < 1.29 is 19.0 Å². The number of amides is 1. The van der Waals surface area contributed by atoms with Gasteiger partial charge in [-0.2, -0.15) is 5.26 Å². The number of nitrogens with zero attached hydrogens (tertiary/aromatic N) is 2. The van der Waals surface area contributed by atoms with Crippen LogP contribution in [0.1, 0.15) is 35.2 Å². The zero-order valence-corrected chi connectivity index (χ0v) is 19.1. The van der Waals surface area contributed by atoms with Crippen LogP contribution in [0, 0.1) is 18.3 Å². The maximum atomic E-state index is 12.5. The quantitative estimate of drug-likeness (QED) is 0.492. The van der Waals surface area contributed by atoms with Gasteiger partial charge in [0.1, 0.15) is 11.6 Å². The van der Waals surface area contributed by atoms with Crippen molar-refractivity contribution in [3.05, 3.63) is 76.3 Å². The molecular formula is C25H25N5O4. The first-order valence-corrected chi connectivity index (χ1v) is 10.8. The van der Waals surface area contributed by atoms with E-state index in [9.17, 15) is 10.1 Å². The van der Waals surface area contributed by atoms with Gasteiger partial charge in [0.2, 0.25) is 11.8 Å². The fourth-order valence-electron chi connectivity index (χ4n) is 4.00. The van der Waals surface area contributed by atoms with Crippen molar-refractivity contribution in [2.45, 2.75) is 26.2 Å². The summed E-state index contributed by atoms with van der Waals surface area (Å²) in [5.74, 6) is 0.403. The minimum Gasteiger partial charge on any atom is -0.493 e. The lowest BCUT2D eigenvalue weighted by Crippen LogP contribution is -2.22. The van der Waals surface area contributed by atoms with Gasteiger partial charge in [-0.1, -0.05) is 31.2 Å². The average Bonchev–Trinajstić information content (AvgIpc) is 3.21. The molecule has 4 N–H and O–H groups in total. The number of aromatic nitrogens is 2. The van der Waals surface area contributed by atoms with E-state index in [0.717, 1.165) is 34.5 Å². The second-order valence-electron chi connectivity index (χ2n) is 7.75. The fourth-order valence-corrected chi connectivity index (χ4v) is 4.00. The van der Waals surface area contributed by atoms with E-state index in [-0.39, 0.29) is 24.0 Å². The van der Waals surface area contributed by atoms with Crippen LogP contribution < -0.4 is 25.3 Å². The Hall–Kier alpha value is -4.45. The molecule has 1 atom stereocenters. The molecule has 0 fully saturated rings. The van der Waals surface area contributed by atoms with E-state index >= 15 is 0 Å². The van der Waals surface area contributed by atoms with Gasteiger partial charge in [0.05, 0.1) is 13.0 Å². The smallest absolute Gasteiger partial charge is 0.262 e. The van der Waals surface area contributed by atoms with Crippen LogP contribution in [-0.2, 0) is 11.2 Å². The van der Waals surface area contributed by atoms with Gasteiger partial charge in [0.15, 0.2) is 18.1 Å². The van der Waals surface area contributed by atoms with E-state index < -0.39 is 5.92 Å². The number of rotatable bonds is 7. The van der Waals surface area contributed by atoms with Crippen LogP contribution in [0.15, 0.2) is 53.9 Å². The first-order chi connectivity index (χ1) is 16.5. The number of H-pyrrole nitrogens is 1. The highest BCUT2D eigenvalue weighted by Crippen LogP contribution is 2.44. The molecule has 0 aliphatic carbocycles. The largest absolute Gasteiger partial charge is 0.493 e. The molecule has 174 valence electrons. The third-order valence-corrected chi connectivity index (χ3v) is 5.68. The number of aromatic amines is 1. The molecule has 0 spiro atoms. The molecule has 9 heteroatoms. The topological polar surface area (TPSA) is 135 Å². The molecule has 0 saturated carbocycles. The van der Waals surface area contributed by atoms with Crippen LogP contribution in [-0.4, -0.2) is 29.8 Å². The number of aryl methyl sites for hydroxylation is 2. The third-order valence-electron chi connectivity index (χ3n) is 5.68. The highest BCUT2D eigenvalue weighted by Gasteiger charge is 2.34. The minimum absolute atomic E-state index is 0.00910. The van der Waals surface area contributed by atoms with Crippen LogP contribution in [0.2, 0.25) is 0 Å². The number of methoxy groups -OCH3 is 1. The number of fused-ring (bicyclic) bond motifs is 1. The lowest BCUT2D eigenvalue weighted by atomic mass is 9.84. The Labute approximate surface area is 197 Å². The van der Waals surface area contributed by atoms with Gasteiger partial charge < -0.3 is 25.3 Å². The second kappa shape index (κ2) is 9.58. The summed E-state index contributed by atoms with van der Waals surface area (Å²) in [6.45, 7) is 3.69. The Balaban J connectivity index is 1.56. The number of ether oxygens (including phenoxy) is 3. The predicted molar refractivity (Wildman–Crippen MR) is 126 cm³/mol. The first kappa shape index (κ1) is 22.7. The van der Waals surface area contributed by atoms with E-state index in [1.54, 1.807) is 18.2 Å². The van der Waals surface area contributed by atoms with E-state index in [2.05, 4.69) is 21.6 Å². The maximum Gasteiger partial charge on any atom is 0.262 e. The number of nitrogens with one attached hydrogen (secondary N) is 2. The molecule has 1 aromatic heterocycles. The van der Waals surface area contributed by atoms with Crippen LogP contribution in [0.3, 0.4) is 0 Å². The summed E-state index contributed by atoms with van der Waals surface area (Å²) >= 11 is 0. The Morgan fingerprint density at radius 2 is 2.09 bits per heavy atom. The molecule has 1 aliphatic heterocycles. The van der Waals surface area contributed by atoms with Crippen LogP contribution >= 0.6 is 0 Å². The minimum atomic E-state index is -0.482. The van der Waals surface area contributed by atoms with Crippen molar-refractivity contribution in [3.63, 3.8) is 0 Å². The number of benzene rings is 2. The standard InChI is InChI=1S/C25H25N5O4/c1-4-15-7-5-6-8-18(15)28-21(31)13-33-19-10-9-16(11-20(19)32-3)23-17(12-26)24(27)34-25-22(23)14(2)29-30-25/h5-11,23H,4,13,27H2,1-3H3,(H,28,31)(H,29,30). The van der Waals surface area contributed by atoms with Crippen LogP contribution in [0.25, 0.3) is 0 Å². The van der Waals surface area contributed by atoms with E-state index in [1.807, 2.05) is 38.1 Å². The third kappa shape index (κ3) is 4.26. The van der Waals surface area contributed by atoms with Crippen LogP contribution in [0.5, 0.6) is 17.4 Å². The summed E-state index contributed by atoms with van der Waals surface area (Å²) in [5.41, 5.74) is 10.3. The number of nitrogens with two attached hydrogens (primary N) is 1. The first-order valence-electron chi connectivity index (χ1n) is 10.8. The summed E-state index contributed by atoms with van der Waals surface area (Å²) in [4.78, 5) is 12.5. The number of allylic oxidation sites excluding steroid dienone is 1. The molecule has 34 heavy (non-hydrogen) atoms. The van der Waals surface area contributed by atoms with Gasteiger partial charge in [-0.05, 0) is 42.7 Å². The lowest BCUT2D eigenvalue weighted by Gasteiger charge is -2.24. The summed E-state index contributed by atoms with van der Waals surface area (Å²) in [5, 5.41) is 19.6. The van der Waals surface area contributed by atoms with Crippen molar-refractivity contribution in [1.29, 1.82) is 5.26 Å². The van der Waals surface area contributed by atoms with E-state index in [0.29, 0.717) is 17.4 Å². The zero-order chi connectivity index (χ0) is 24.2. The van der Waals surface area contributed by atoms with Gasteiger partial charge in [0.25, 0.3) is 5.91 Å². The Morgan fingerprint density at radius 1 is 1.29 bits per heavy atom. The lowest BCUT2D eigenvalue weighted by molar-refractivity contribution is -0.118. The van der Waals surface area contributed by atoms with Crippen LogP contribution in [0.4, 0.5) is 5.69 Å². The summed E-state index contributed by atoms with van der Waals surface area (Å²) in [6, 6.07) is 15.1. The van der Waals surface area contributed by atoms with Gasteiger partial charge in [-0.3, -0.25) is 9.89 Å². The molecule has 2 aromatic carbocycles. The van der Waals surface area contributed by atoms with Crippen molar-refractivity contribution in [1.82, 2.24) is 10.2 Å². The number of carbonyl (C=O) groups is 1. The molecule has 0 radical (unpaired) electrons. The number of hydrogen-bond acceptors (Lipinski definition) is 7. The average molecular weight is 460 g/mol. The normalized spacial score (nSPS) is 14.6. The van der Waals surface area contributed by atoms with Gasteiger partial charge in [-0.25, -0.2) is 0 Å². The molecule has 3 aromatic rings. The second-order valence-corrected chi connectivity index (χ2v) is 7.75. The van der Waals surface area contributed by atoms with E-state index in [1.165, 1.54) is 7.11 Å². The van der Waals surface area contributed by atoms with Crippen molar-refractivity contribution in [2.24, 2.45) is 5.73 Å². The highest BCUT2D eigenvalue weighted by atomic mass is 16.5. The summed E-state index contributed by atoms with van der Waals surface area (Å²) < 4.78 is 16.8. The van der Waals surface area contributed by atoms with Crippen molar-refractivity contribution >= 4 is 11.6 Å². The molecule has 1 unspecified atom stereocenters. The number of para-hydroxylation sites is 1. The molecule has 0 saturated heterocycles. The van der Waals surface area contributed by atoms with Gasteiger partial charge in [-0.15, -0.1) is 5.10 Å². The molecule has 0 bridgehead atoms. The molecule has 4 rings (SSSR count). The maximum absolute atomic E-state index is 12.5. The monoisotopic (exact) mass is 459 g/mol. The Morgan fingerprint density at radius 3 is 2.82 bits per heavy atom.